The minimum Gasteiger partial charge on any atom is -0.488 e. The summed E-state index contributed by atoms with van der Waals surface area (Å²) in [7, 11) is 0. The summed E-state index contributed by atoms with van der Waals surface area (Å²) in [4.78, 5) is 17.0. The first-order chi connectivity index (χ1) is 17.2. The molecule has 0 saturated carbocycles. The van der Waals surface area contributed by atoms with Crippen molar-refractivity contribution in [3.63, 3.8) is 0 Å². The van der Waals surface area contributed by atoms with Crippen molar-refractivity contribution in [1.82, 2.24) is 10.4 Å². The highest BCUT2D eigenvalue weighted by Crippen LogP contribution is 2.30. The highest BCUT2D eigenvalue weighted by atomic mass is 35.5. The molecule has 0 bridgehead atoms. The molecular weight excluding hydrogens is 498 g/mol. The molecule has 0 fully saturated rings. The molecule has 0 aliphatic carbocycles. The number of hydrogen-bond donors (Lipinski definition) is 1. The summed E-state index contributed by atoms with van der Waals surface area (Å²) in [6, 6.07) is 27.4. The van der Waals surface area contributed by atoms with E-state index in [4.69, 9.17) is 16.3 Å². The zero-order valence-electron chi connectivity index (χ0n) is 18.5. The summed E-state index contributed by atoms with van der Waals surface area (Å²) in [6.45, 7) is 0.323. The first-order valence-corrected chi connectivity index (χ1v) is 13.0. The molecule has 8 heteroatoms. The number of fused-ring (bicyclic) bond motifs is 2. The lowest BCUT2D eigenvalue weighted by Gasteiger charge is -2.12. The summed E-state index contributed by atoms with van der Waals surface area (Å²) < 4.78 is 8.07. The second-order valence-electron chi connectivity index (χ2n) is 7.61. The van der Waals surface area contributed by atoms with Crippen LogP contribution in [-0.4, -0.2) is 22.9 Å². The van der Waals surface area contributed by atoms with Crippen LogP contribution in [0.1, 0.15) is 11.1 Å². The van der Waals surface area contributed by atoms with Crippen LogP contribution in [-0.2, 0) is 11.4 Å². The van der Waals surface area contributed by atoms with E-state index in [1.807, 2.05) is 84.9 Å². The average Bonchev–Trinajstić information content (AvgIpc) is 3.31. The first-order valence-electron chi connectivity index (χ1n) is 10.9. The summed E-state index contributed by atoms with van der Waals surface area (Å²) in [5.41, 5.74) is 5.24. The van der Waals surface area contributed by atoms with Gasteiger partial charge in [0.05, 0.1) is 22.2 Å². The van der Waals surface area contributed by atoms with E-state index in [0.717, 1.165) is 36.5 Å². The van der Waals surface area contributed by atoms with Crippen molar-refractivity contribution in [1.29, 1.82) is 0 Å². The Hall–Kier alpha value is -3.39. The van der Waals surface area contributed by atoms with E-state index in [0.29, 0.717) is 17.4 Å². The van der Waals surface area contributed by atoms with Crippen molar-refractivity contribution in [3.05, 3.63) is 101 Å². The lowest BCUT2D eigenvalue weighted by atomic mass is 10.0. The van der Waals surface area contributed by atoms with Crippen molar-refractivity contribution < 1.29 is 9.53 Å². The molecule has 0 atom stereocenters. The molecule has 1 N–H and O–H groups in total. The Morgan fingerprint density at radius 2 is 1.83 bits per heavy atom. The van der Waals surface area contributed by atoms with Crippen molar-refractivity contribution in [3.8, 4) is 5.75 Å². The highest BCUT2D eigenvalue weighted by Gasteiger charge is 2.10. The quantitative estimate of drug-likeness (QED) is 0.138. The molecule has 0 aliphatic rings. The van der Waals surface area contributed by atoms with Crippen LogP contribution in [0.3, 0.4) is 0 Å². The topological polar surface area (TPSA) is 63.6 Å². The number of para-hydroxylation sites is 1. The average molecular weight is 518 g/mol. The van der Waals surface area contributed by atoms with E-state index >= 15 is 0 Å². The van der Waals surface area contributed by atoms with Gasteiger partial charge in [0, 0.05) is 16.1 Å². The van der Waals surface area contributed by atoms with Gasteiger partial charge < -0.3 is 4.74 Å². The first kappa shape index (κ1) is 23.4. The van der Waals surface area contributed by atoms with Crippen LogP contribution < -0.4 is 10.2 Å². The number of ether oxygens (including phenoxy) is 1. The fraction of sp³-hybridized carbons (Fsp3) is 0.0741. The number of thiazole rings is 1. The number of carbonyl (C=O) groups is 1. The van der Waals surface area contributed by atoms with Gasteiger partial charge in [-0.25, -0.2) is 10.4 Å². The summed E-state index contributed by atoms with van der Waals surface area (Å²) in [5, 5.41) is 6.90. The Morgan fingerprint density at radius 3 is 2.71 bits per heavy atom. The van der Waals surface area contributed by atoms with Gasteiger partial charge in [-0.05, 0) is 35.0 Å². The van der Waals surface area contributed by atoms with E-state index in [2.05, 4.69) is 15.5 Å². The molecule has 0 spiro atoms. The number of thioether (sulfide) groups is 1. The second-order valence-corrected chi connectivity index (χ2v) is 10.3. The largest absolute Gasteiger partial charge is 0.488 e. The van der Waals surface area contributed by atoms with Crippen molar-refractivity contribution in [2.45, 2.75) is 10.9 Å². The van der Waals surface area contributed by atoms with Gasteiger partial charge in [0.25, 0.3) is 5.91 Å². The number of benzene rings is 4. The molecule has 0 saturated heterocycles. The summed E-state index contributed by atoms with van der Waals surface area (Å²) >= 11 is 9.25. The third-order valence-electron chi connectivity index (χ3n) is 5.26. The molecule has 1 aromatic heterocycles. The molecule has 1 heterocycles. The zero-order chi connectivity index (χ0) is 24.0. The number of nitrogens with zero attached hydrogens (tertiary/aromatic N) is 2. The van der Waals surface area contributed by atoms with Crippen molar-refractivity contribution in [2.75, 3.05) is 5.75 Å². The lowest BCUT2D eigenvalue weighted by Crippen LogP contribution is -2.19. The summed E-state index contributed by atoms with van der Waals surface area (Å²) in [6.07, 6.45) is 1.63. The van der Waals surface area contributed by atoms with Crippen LogP contribution in [0.15, 0.2) is 94.4 Å². The third kappa shape index (κ3) is 5.65. The number of halogens is 1. The molecular formula is C27H20ClN3O2S2. The monoisotopic (exact) mass is 517 g/mol. The van der Waals surface area contributed by atoms with Crippen LogP contribution in [0.4, 0.5) is 0 Å². The highest BCUT2D eigenvalue weighted by molar-refractivity contribution is 8.01. The molecule has 0 aliphatic heterocycles. The van der Waals surface area contributed by atoms with Gasteiger partial charge >= 0.3 is 0 Å². The fourth-order valence-electron chi connectivity index (χ4n) is 3.55. The molecule has 5 nitrogen and oxygen atoms in total. The molecule has 5 rings (SSSR count). The molecule has 4 aromatic carbocycles. The van der Waals surface area contributed by atoms with Gasteiger partial charge in [0.2, 0.25) is 0 Å². The van der Waals surface area contributed by atoms with Gasteiger partial charge in [0.1, 0.15) is 12.4 Å². The van der Waals surface area contributed by atoms with Gasteiger partial charge in [-0.2, -0.15) is 5.10 Å². The molecule has 35 heavy (non-hydrogen) atoms. The van der Waals surface area contributed by atoms with E-state index in [9.17, 15) is 4.79 Å². The number of nitrogens with one attached hydrogen (secondary N) is 1. The third-order valence-corrected chi connectivity index (χ3v) is 7.80. The van der Waals surface area contributed by atoms with Gasteiger partial charge in [0.15, 0.2) is 4.34 Å². The molecule has 1 amide bonds. The van der Waals surface area contributed by atoms with Gasteiger partial charge in [-0.1, -0.05) is 84.0 Å². The number of hydrazone groups is 1. The minimum atomic E-state index is -0.204. The maximum absolute atomic E-state index is 12.4. The smallest absolute Gasteiger partial charge is 0.250 e. The molecule has 0 unspecified atom stereocenters. The Balaban J connectivity index is 1.28. The fourth-order valence-corrected chi connectivity index (χ4v) is 5.60. The van der Waals surface area contributed by atoms with Crippen LogP contribution in [0.25, 0.3) is 21.0 Å². The predicted molar refractivity (Wildman–Crippen MR) is 146 cm³/mol. The standard InChI is InChI=1S/C27H20ClN3O2S2/c28-22-10-4-2-8-19(22)16-33-24-14-13-18-7-1-3-9-20(18)21(24)15-29-31-26(32)17-34-27-30-23-11-5-6-12-25(23)35-27/h1-15H,16-17H2,(H,31,32)/b29-15-. The number of rotatable bonds is 8. The Labute approximate surface area is 215 Å². The van der Waals surface area contributed by atoms with E-state index < -0.39 is 0 Å². The van der Waals surface area contributed by atoms with Gasteiger partial charge in [-0.15, -0.1) is 11.3 Å². The van der Waals surface area contributed by atoms with Crippen LogP contribution >= 0.6 is 34.7 Å². The number of aromatic nitrogens is 1. The molecule has 174 valence electrons. The maximum Gasteiger partial charge on any atom is 0.250 e. The van der Waals surface area contributed by atoms with E-state index in [-0.39, 0.29) is 11.7 Å². The number of amides is 1. The predicted octanol–water partition coefficient (Wildman–Crippen LogP) is 6.92. The Morgan fingerprint density at radius 1 is 1.03 bits per heavy atom. The SMILES string of the molecule is O=C(CSc1nc2ccccc2s1)N/N=C\c1c(OCc2ccccc2Cl)ccc2ccccc12. The van der Waals surface area contributed by atoms with Crippen molar-refractivity contribution in [2.24, 2.45) is 5.10 Å². The van der Waals surface area contributed by atoms with E-state index in [1.54, 1.807) is 17.6 Å². The van der Waals surface area contributed by atoms with Crippen molar-refractivity contribution >= 4 is 67.8 Å². The minimum absolute atomic E-state index is 0.204. The maximum atomic E-state index is 12.4. The Bertz CT molecular complexity index is 1500. The molecule has 5 aromatic rings. The molecule has 0 radical (unpaired) electrons. The van der Waals surface area contributed by atoms with Crippen LogP contribution in [0.5, 0.6) is 5.75 Å². The number of carbonyl (C=O) groups excluding carboxylic acids is 1. The number of hydrogen-bond acceptors (Lipinski definition) is 6. The lowest BCUT2D eigenvalue weighted by molar-refractivity contribution is -0.118. The van der Waals surface area contributed by atoms with Crippen LogP contribution in [0.2, 0.25) is 5.02 Å². The normalized spacial score (nSPS) is 11.3. The Kier molecular flexibility index (Phi) is 7.28. The zero-order valence-corrected chi connectivity index (χ0v) is 20.9. The van der Waals surface area contributed by atoms with E-state index in [1.165, 1.54) is 11.8 Å². The van der Waals surface area contributed by atoms with Gasteiger partial charge in [-0.3, -0.25) is 4.79 Å². The summed E-state index contributed by atoms with van der Waals surface area (Å²) in [5.74, 6) is 0.678. The van der Waals surface area contributed by atoms with Crippen LogP contribution in [0, 0.1) is 0 Å². The second kappa shape index (κ2) is 10.9.